The SMILES string of the molecule is [2H]C([2H])([2H])c1cnc(-c2ccc(C([2H])([2H])[2H])c3c2oc2nc(C([2H])([2H])[2H])c(C([2H])([2H])[2H])c(C#N)c23)cc1C([2H])([2H])C(C)(C)C. The average molecular weight is 412 g/mol. The van der Waals surface area contributed by atoms with Crippen LogP contribution in [-0.2, 0) is 6.37 Å². The molecule has 0 aliphatic heterocycles. The maximum absolute atomic E-state index is 10.1. The molecule has 3 heterocycles. The lowest BCUT2D eigenvalue weighted by Crippen LogP contribution is -2.10. The smallest absolute Gasteiger partial charge is 0.228 e. The van der Waals surface area contributed by atoms with Crippen molar-refractivity contribution in [2.45, 2.75) is 54.6 Å². The van der Waals surface area contributed by atoms with E-state index < -0.39 is 61.7 Å². The molecular weight excluding hydrogens is 370 g/mol. The number of nitrogens with zero attached hydrogens (tertiary/aromatic N) is 3. The lowest BCUT2D eigenvalue weighted by Gasteiger charge is -2.20. The molecule has 30 heavy (non-hydrogen) atoms. The fourth-order valence-corrected chi connectivity index (χ4v) is 3.33. The van der Waals surface area contributed by atoms with Crippen molar-refractivity contribution in [1.29, 1.82) is 5.26 Å². The van der Waals surface area contributed by atoms with E-state index in [0.29, 0.717) is 0 Å². The minimum atomic E-state index is -3.13. The summed E-state index contributed by atoms with van der Waals surface area (Å²) in [6.45, 7) is -6.98. The first-order chi connectivity index (χ1) is 19.7. The van der Waals surface area contributed by atoms with Gasteiger partial charge in [-0.05, 0) is 73.6 Å². The first-order valence-corrected chi connectivity index (χ1v) is 9.09. The Bertz CT molecular complexity index is 1830. The number of rotatable bonds is 2. The third-order valence-electron chi connectivity index (χ3n) is 4.57. The Morgan fingerprint density at radius 2 is 1.97 bits per heavy atom. The monoisotopic (exact) mass is 411 g/mol. The van der Waals surface area contributed by atoms with Crippen molar-refractivity contribution in [3.63, 3.8) is 0 Å². The van der Waals surface area contributed by atoms with E-state index >= 15 is 0 Å². The fourth-order valence-electron chi connectivity index (χ4n) is 3.33. The molecule has 0 fully saturated rings. The molecule has 152 valence electrons. The molecule has 4 heteroatoms. The number of benzene rings is 1. The second-order valence-corrected chi connectivity index (χ2v) is 7.96. The zero-order valence-electron chi connectivity index (χ0n) is 30.6. The normalized spacial score (nSPS) is 21.0. The summed E-state index contributed by atoms with van der Waals surface area (Å²) in [5.74, 6) is 0. The van der Waals surface area contributed by atoms with E-state index in [-0.39, 0.29) is 44.3 Å². The number of furan rings is 1. The summed E-state index contributed by atoms with van der Waals surface area (Å²) in [5.41, 5.74) is -5.08. The molecule has 0 atom stereocenters. The van der Waals surface area contributed by atoms with Gasteiger partial charge in [-0.1, -0.05) is 26.8 Å². The molecule has 0 aliphatic carbocycles. The first-order valence-electron chi connectivity index (χ1n) is 16.1. The quantitative estimate of drug-likeness (QED) is 0.366. The largest absolute Gasteiger partial charge is 0.437 e. The molecule has 0 aliphatic rings. The van der Waals surface area contributed by atoms with Gasteiger partial charge in [0.05, 0.1) is 16.6 Å². The molecule has 0 N–H and O–H groups in total. The summed E-state index contributed by atoms with van der Waals surface area (Å²) in [7, 11) is 0. The number of fused-ring (bicyclic) bond motifs is 3. The molecule has 0 spiro atoms. The van der Waals surface area contributed by atoms with Gasteiger partial charge in [0.2, 0.25) is 5.71 Å². The maximum Gasteiger partial charge on any atom is 0.228 e. The average Bonchev–Trinajstić information content (AvgIpc) is 3.23. The van der Waals surface area contributed by atoms with Gasteiger partial charge in [0.1, 0.15) is 11.7 Å². The van der Waals surface area contributed by atoms with Crippen LogP contribution >= 0.6 is 0 Å². The molecular formula is C26H27N3O. The number of hydrogen-bond acceptors (Lipinski definition) is 4. The number of nitriles is 1. The third kappa shape index (κ3) is 3.25. The summed E-state index contributed by atoms with van der Waals surface area (Å²) < 4.78 is 120. The van der Waals surface area contributed by atoms with Crippen LogP contribution in [-0.4, -0.2) is 9.97 Å². The van der Waals surface area contributed by atoms with Gasteiger partial charge in [-0.3, -0.25) is 4.98 Å². The standard InChI is InChI=1S/C26H27N3O/c1-14-8-9-19(21-10-18(11-26(5,6)7)15(2)13-28-21)24-22(14)23-20(12-27)16(3)17(4)29-25(23)30-24/h8-10,13H,11H2,1-7H3/i1D3,2D3,3D3,4D3,11D2. The predicted octanol–water partition coefficient (Wildman–Crippen LogP) is 6.74. The van der Waals surface area contributed by atoms with Crippen molar-refractivity contribution < 1.29 is 23.6 Å². The third-order valence-corrected chi connectivity index (χ3v) is 4.57. The highest BCUT2D eigenvalue weighted by Gasteiger charge is 2.22. The van der Waals surface area contributed by atoms with Gasteiger partial charge in [0.25, 0.3) is 0 Å². The van der Waals surface area contributed by atoms with Crippen LogP contribution < -0.4 is 0 Å². The van der Waals surface area contributed by atoms with Crippen LogP contribution in [0.2, 0.25) is 0 Å². The second kappa shape index (κ2) is 6.95. The Morgan fingerprint density at radius 3 is 2.63 bits per heavy atom. The highest BCUT2D eigenvalue weighted by atomic mass is 16.3. The maximum atomic E-state index is 10.1. The van der Waals surface area contributed by atoms with Crippen LogP contribution in [0.5, 0.6) is 0 Å². The Kier molecular flexibility index (Phi) is 2.16. The molecule has 4 nitrogen and oxygen atoms in total. The van der Waals surface area contributed by atoms with E-state index in [9.17, 15) is 5.26 Å². The van der Waals surface area contributed by atoms with Gasteiger partial charge >= 0.3 is 0 Å². The molecule has 3 aromatic heterocycles. The van der Waals surface area contributed by atoms with E-state index in [1.807, 2.05) is 0 Å². The number of pyridine rings is 2. The Balaban J connectivity index is 2.25. The molecule has 0 amide bonds. The van der Waals surface area contributed by atoms with Gasteiger partial charge < -0.3 is 4.42 Å². The summed E-state index contributed by atoms with van der Waals surface area (Å²) in [6, 6.07) is 5.44. The molecule has 0 bridgehead atoms. The fraction of sp³-hybridized carbons (Fsp3) is 0.346. The van der Waals surface area contributed by atoms with Crippen LogP contribution in [0.4, 0.5) is 0 Å². The Labute approximate surface area is 197 Å². The molecule has 4 rings (SSSR count). The lowest BCUT2D eigenvalue weighted by atomic mass is 9.86. The van der Waals surface area contributed by atoms with Crippen molar-refractivity contribution in [3.8, 4) is 17.3 Å². The van der Waals surface area contributed by atoms with E-state index in [2.05, 4.69) is 9.97 Å². The van der Waals surface area contributed by atoms with Crippen LogP contribution in [0, 0.1) is 44.2 Å². The topological polar surface area (TPSA) is 62.7 Å². The molecule has 0 saturated carbocycles. The van der Waals surface area contributed by atoms with Crippen LogP contribution in [0.1, 0.15) is 73.5 Å². The van der Waals surface area contributed by atoms with E-state index in [4.69, 9.17) is 23.6 Å². The Morgan fingerprint density at radius 1 is 1.13 bits per heavy atom. The zero-order valence-corrected chi connectivity index (χ0v) is 16.6. The molecule has 0 unspecified atom stereocenters. The van der Waals surface area contributed by atoms with Crippen molar-refractivity contribution in [3.05, 3.63) is 57.9 Å². The van der Waals surface area contributed by atoms with Gasteiger partial charge in [0.15, 0.2) is 0 Å². The highest BCUT2D eigenvalue weighted by Crippen LogP contribution is 2.39. The van der Waals surface area contributed by atoms with Gasteiger partial charge in [-0.15, -0.1) is 0 Å². The molecule has 0 saturated heterocycles. The summed E-state index contributed by atoms with van der Waals surface area (Å²) in [5, 5.41) is 9.58. The van der Waals surface area contributed by atoms with Gasteiger partial charge in [-0.25, -0.2) is 4.98 Å². The van der Waals surface area contributed by atoms with Crippen LogP contribution in [0.25, 0.3) is 33.3 Å². The summed E-state index contributed by atoms with van der Waals surface area (Å²) in [6.07, 6.45) is -1.19. The lowest BCUT2D eigenvalue weighted by molar-refractivity contribution is 0.410. The molecule has 1 aromatic carbocycles. The van der Waals surface area contributed by atoms with Crippen LogP contribution in [0.3, 0.4) is 0 Å². The molecule has 4 aromatic rings. The van der Waals surface area contributed by atoms with Crippen molar-refractivity contribution in [2.75, 3.05) is 0 Å². The summed E-state index contributed by atoms with van der Waals surface area (Å²) in [4.78, 5) is 8.22. The van der Waals surface area contributed by atoms with E-state index in [0.717, 1.165) is 6.20 Å². The minimum Gasteiger partial charge on any atom is -0.437 e. The number of aromatic nitrogens is 2. The zero-order chi connectivity index (χ0) is 33.6. The van der Waals surface area contributed by atoms with Gasteiger partial charge in [0, 0.05) is 42.0 Å². The second-order valence-electron chi connectivity index (χ2n) is 7.96. The summed E-state index contributed by atoms with van der Waals surface area (Å²) >= 11 is 0. The van der Waals surface area contributed by atoms with Gasteiger partial charge in [-0.2, -0.15) is 5.26 Å². The van der Waals surface area contributed by atoms with E-state index in [1.54, 1.807) is 26.8 Å². The minimum absolute atomic E-state index is 0.0205. The first kappa shape index (κ1) is 9.31. The highest BCUT2D eigenvalue weighted by molar-refractivity contribution is 6.12. The van der Waals surface area contributed by atoms with Crippen LogP contribution in [0.15, 0.2) is 28.8 Å². The van der Waals surface area contributed by atoms with Crippen molar-refractivity contribution >= 4 is 22.1 Å². The number of hydrogen-bond donors (Lipinski definition) is 0. The Hall–Kier alpha value is -3.19. The van der Waals surface area contributed by atoms with Crippen molar-refractivity contribution in [2.24, 2.45) is 5.41 Å². The predicted molar refractivity (Wildman–Crippen MR) is 122 cm³/mol. The number of aryl methyl sites for hydroxylation is 3. The van der Waals surface area contributed by atoms with Crippen molar-refractivity contribution in [1.82, 2.24) is 9.97 Å². The molecule has 0 radical (unpaired) electrons. The van der Waals surface area contributed by atoms with E-state index in [1.165, 1.54) is 18.2 Å².